The number of nitrogens with two attached hydrogens (primary N) is 1. The summed E-state index contributed by atoms with van der Waals surface area (Å²) in [5.74, 6) is 0.728. The third-order valence-corrected chi connectivity index (χ3v) is 3.92. The van der Waals surface area contributed by atoms with E-state index in [2.05, 4.69) is 29.2 Å². The van der Waals surface area contributed by atoms with Crippen molar-refractivity contribution in [2.75, 3.05) is 37.7 Å². The van der Waals surface area contributed by atoms with Crippen molar-refractivity contribution in [1.82, 2.24) is 9.88 Å². The molecule has 1 aromatic rings. The highest BCUT2D eigenvalue weighted by Crippen LogP contribution is 2.30. The first-order chi connectivity index (χ1) is 9.02. The largest absolute Gasteiger partial charge is 0.396 e. The van der Waals surface area contributed by atoms with Gasteiger partial charge in [-0.05, 0) is 50.5 Å². The van der Waals surface area contributed by atoms with Gasteiger partial charge in [0.05, 0.1) is 5.69 Å². The highest BCUT2D eigenvalue weighted by Gasteiger charge is 2.28. The van der Waals surface area contributed by atoms with Crippen LogP contribution in [-0.2, 0) is 0 Å². The van der Waals surface area contributed by atoms with Crippen molar-refractivity contribution in [3.05, 3.63) is 17.8 Å². The van der Waals surface area contributed by atoms with Gasteiger partial charge in [-0.2, -0.15) is 5.26 Å². The molecule has 0 bridgehead atoms. The molecular weight excluding hydrogens is 238 g/mol. The number of likely N-dealkylation sites (tertiary alicyclic amines) is 1. The molecule has 0 aromatic carbocycles. The number of nitrogen functional groups attached to an aromatic ring is 1. The van der Waals surface area contributed by atoms with Crippen LogP contribution in [0.4, 0.5) is 11.5 Å². The fourth-order valence-corrected chi connectivity index (χ4v) is 2.30. The van der Waals surface area contributed by atoms with Gasteiger partial charge in [-0.25, -0.2) is 4.98 Å². The Morgan fingerprint density at radius 3 is 2.79 bits per heavy atom. The number of piperidine rings is 1. The predicted molar refractivity (Wildman–Crippen MR) is 76.7 cm³/mol. The lowest BCUT2D eigenvalue weighted by Gasteiger charge is -2.38. The second kappa shape index (κ2) is 5.45. The highest BCUT2D eigenvalue weighted by molar-refractivity contribution is 5.54. The van der Waals surface area contributed by atoms with Crippen LogP contribution in [0.2, 0.25) is 0 Å². The molecule has 0 atom stereocenters. The molecule has 0 aliphatic carbocycles. The molecule has 1 fully saturated rings. The van der Waals surface area contributed by atoms with E-state index in [9.17, 15) is 0 Å². The summed E-state index contributed by atoms with van der Waals surface area (Å²) in [6, 6.07) is 5.56. The van der Waals surface area contributed by atoms with E-state index in [1.807, 2.05) is 12.1 Å². The fourth-order valence-electron chi connectivity index (χ4n) is 2.30. The van der Waals surface area contributed by atoms with Gasteiger partial charge in [-0.3, -0.25) is 0 Å². The van der Waals surface area contributed by atoms with E-state index in [0.29, 0.717) is 16.8 Å². The topological polar surface area (TPSA) is 78.0 Å². The van der Waals surface area contributed by atoms with Gasteiger partial charge in [-0.15, -0.1) is 0 Å². The molecule has 0 radical (unpaired) electrons. The molecule has 102 valence electrons. The number of anilines is 2. The quantitative estimate of drug-likeness (QED) is 0.863. The van der Waals surface area contributed by atoms with Crippen LogP contribution < -0.4 is 11.1 Å². The molecule has 0 unspecified atom stereocenters. The standard InChI is InChI=1S/C14H21N5/c1-14(5-7-19(2)8-6-14)10-17-13-4-3-11(16)12(9-15)18-13/h3-4H,5-8,10,16H2,1-2H3,(H,17,18). The van der Waals surface area contributed by atoms with Crippen molar-refractivity contribution in [1.29, 1.82) is 5.26 Å². The Kier molecular flexibility index (Phi) is 3.91. The SMILES string of the molecule is CN1CCC(C)(CNc2ccc(N)c(C#N)n2)CC1. The molecule has 1 aromatic heterocycles. The van der Waals surface area contributed by atoms with Crippen LogP contribution in [-0.4, -0.2) is 36.6 Å². The number of hydrogen-bond donors (Lipinski definition) is 2. The first-order valence-corrected chi connectivity index (χ1v) is 6.61. The number of nitrogens with one attached hydrogen (secondary N) is 1. The summed E-state index contributed by atoms with van der Waals surface area (Å²) in [4.78, 5) is 6.57. The molecule has 0 amide bonds. The van der Waals surface area contributed by atoms with Gasteiger partial charge in [0, 0.05) is 6.54 Å². The molecule has 2 heterocycles. The molecule has 5 heteroatoms. The van der Waals surface area contributed by atoms with Crippen molar-refractivity contribution >= 4 is 11.5 Å². The number of nitriles is 1. The van der Waals surface area contributed by atoms with Crippen LogP contribution in [0.5, 0.6) is 0 Å². The minimum absolute atomic E-state index is 0.290. The lowest BCUT2D eigenvalue weighted by Crippen LogP contribution is -2.40. The maximum Gasteiger partial charge on any atom is 0.165 e. The fraction of sp³-hybridized carbons (Fsp3) is 0.571. The summed E-state index contributed by atoms with van der Waals surface area (Å²) >= 11 is 0. The first-order valence-electron chi connectivity index (χ1n) is 6.61. The third kappa shape index (κ3) is 3.36. The monoisotopic (exact) mass is 259 g/mol. The molecule has 0 saturated carbocycles. The zero-order chi connectivity index (χ0) is 13.9. The molecule has 1 saturated heterocycles. The Morgan fingerprint density at radius 1 is 1.47 bits per heavy atom. The summed E-state index contributed by atoms with van der Waals surface area (Å²) in [5.41, 5.74) is 6.68. The van der Waals surface area contributed by atoms with E-state index in [4.69, 9.17) is 11.0 Å². The van der Waals surface area contributed by atoms with E-state index in [1.165, 1.54) is 12.8 Å². The van der Waals surface area contributed by atoms with Crippen molar-refractivity contribution in [3.8, 4) is 6.07 Å². The van der Waals surface area contributed by atoms with Gasteiger partial charge >= 0.3 is 0 Å². The van der Waals surface area contributed by atoms with Gasteiger partial charge in [0.15, 0.2) is 5.69 Å². The van der Waals surface area contributed by atoms with Gasteiger partial charge in [-0.1, -0.05) is 6.92 Å². The van der Waals surface area contributed by atoms with Gasteiger partial charge < -0.3 is 16.0 Å². The van der Waals surface area contributed by atoms with Crippen LogP contribution in [0.15, 0.2) is 12.1 Å². The molecule has 2 rings (SSSR count). The Bertz CT molecular complexity index is 483. The number of rotatable bonds is 3. The zero-order valence-corrected chi connectivity index (χ0v) is 11.6. The molecule has 5 nitrogen and oxygen atoms in total. The Hall–Kier alpha value is -1.80. The Balaban J connectivity index is 1.97. The number of pyridine rings is 1. The molecule has 1 aliphatic heterocycles. The van der Waals surface area contributed by atoms with E-state index in [-0.39, 0.29) is 0 Å². The van der Waals surface area contributed by atoms with Crippen molar-refractivity contribution < 1.29 is 0 Å². The minimum atomic E-state index is 0.290. The Labute approximate surface area is 114 Å². The Morgan fingerprint density at radius 2 is 2.16 bits per heavy atom. The maximum absolute atomic E-state index is 8.91. The summed E-state index contributed by atoms with van der Waals surface area (Å²) in [7, 11) is 2.16. The van der Waals surface area contributed by atoms with Crippen LogP contribution in [0.1, 0.15) is 25.5 Å². The lowest BCUT2D eigenvalue weighted by molar-refractivity contribution is 0.150. The second-order valence-electron chi connectivity index (χ2n) is 5.71. The summed E-state index contributed by atoms with van der Waals surface area (Å²) in [5, 5.41) is 12.2. The third-order valence-electron chi connectivity index (χ3n) is 3.92. The summed E-state index contributed by atoms with van der Waals surface area (Å²) in [6.07, 6.45) is 2.35. The van der Waals surface area contributed by atoms with Crippen LogP contribution in [0.25, 0.3) is 0 Å². The maximum atomic E-state index is 8.91. The highest BCUT2D eigenvalue weighted by atomic mass is 15.1. The summed E-state index contributed by atoms with van der Waals surface area (Å²) < 4.78 is 0. The van der Waals surface area contributed by atoms with E-state index in [0.717, 1.165) is 25.5 Å². The smallest absolute Gasteiger partial charge is 0.165 e. The van der Waals surface area contributed by atoms with Gasteiger partial charge in [0.25, 0.3) is 0 Å². The number of hydrogen-bond acceptors (Lipinski definition) is 5. The number of aromatic nitrogens is 1. The molecular formula is C14H21N5. The average Bonchev–Trinajstić information content (AvgIpc) is 2.42. The zero-order valence-electron chi connectivity index (χ0n) is 11.6. The molecule has 19 heavy (non-hydrogen) atoms. The van der Waals surface area contributed by atoms with Crippen LogP contribution in [0, 0.1) is 16.7 Å². The molecule has 0 spiro atoms. The van der Waals surface area contributed by atoms with E-state index >= 15 is 0 Å². The normalized spacial score (nSPS) is 18.8. The van der Waals surface area contributed by atoms with Gasteiger partial charge in [0.2, 0.25) is 0 Å². The van der Waals surface area contributed by atoms with Gasteiger partial charge in [0.1, 0.15) is 11.9 Å². The molecule has 3 N–H and O–H groups in total. The lowest BCUT2D eigenvalue weighted by atomic mass is 9.80. The van der Waals surface area contributed by atoms with Crippen molar-refractivity contribution in [2.45, 2.75) is 19.8 Å². The van der Waals surface area contributed by atoms with E-state index < -0.39 is 0 Å². The van der Waals surface area contributed by atoms with Crippen LogP contribution in [0.3, 0.4) is 0 Å². The first kappa shape index (κ1) is 13.6. The summed E-state index contributed by atoms with van der Waals surface area (Å²) in [6.45, 7) is 5.45. The van der Waals surface area contributed by atoms with E-state index in [1.54, 1.807) is 6.07 Å². The number of nitrogens with zero attached hydrogens (tertiary/aromatic N) is 3. The predicted octanol–water partition coefficient (Wildman–Crippen LogP) is 1.68. The average molecular weight is 259 g/mol. The van der Waals surface area contributed by atoms with Crippen LogP contribution >= 0.6 is 0 Å². The van der Waals surface area contributed by atoms with Crippen molar-refractivity contribution in [3.63, 3.8) is 0 Å². The van der Waals surface area contributed by atoms with Crippen molar-refractivity contribution in [2.24, 2.45) is 5.41 Å². The second-order valence-corrected chi connectivity index (χ2v) is 5.71. The molecule has 1 aliphatic rings. The minimum Gasteiger partial charge on any atom is -0.396 e.